The summed E-state index contributed by atoms with van der Waals surface area (Å²) in [6.45, 7) is 15.2. The van der Waals surface area contributed by atoms with Gasteiger partial charge in [0.1, 0.15) is 16.8 Å². The zero-order chi connectivity index (χ0) is 36.1. The second kappa shape index (κ2) is 28.8. The Morgan fingerprint density at radius 1 is 0.792 bits per heavy atom. The first-order valence-corrected chi connectivity index (χ1v) is 21.7. The summed E-state index contributed by atoms with van der Waals surface area (Å²) in [5.41, 5.74) is 0. The van der Waals surface area contributed by atoms with Crippen molar-refractivity contribution in [3.8, 4) is 0 Å². The van der Waals surface area contributed by atoms with Crippen molar-refractivity contribution in [2.75, 3.05) is 57.7 Å². The highest BCUT2D eigenvalue weighted by atomic mass is 32.2. The van der Waals surface area contributed by atoms with Gasteiger partial charge in [-0.15, -0.1) is 11.8 Å². The van der Waals surface area contributed by atoms with Gasteiger partial charge in [0.05, 0.1) is 23.5 Å². The van der Waals surface area contributed by atoms with Gasteiger partial charge in [-0.2, -0.15) is 12.6 Å². The number of hydrogen-bond donors (Lipinski definition) is 1. The second-order valence-corrected chi connectivity index (χ2v) is 16.6. The molecule has 18 heteroatoms. The lowest BCUT2D eigenvalue weighted by atomic mass is 10.3. The van der Waals surface area contributed by atoms with Crippen molar-refractivity contribution in [3.05, 3.63) is 74.7 Å². The van der Waals surface area contributed by atoms with Crippen LogP contribution in [0.2, 0.25) is 12.1 Å². The van der Waals surface area contributed by atoms with E-state index in [-0.39, 0.29) is 16.7 Å². The molecule has 0 N–H and O–H groups in total. The van der Waals surface area contributed by atoms with Crippen LogP contribution in [0.5, 0.6) is 0 Å². The largest absolute Gasteiger partial charge is 0.500 e. The highest BCUT2D eigenvalue weighted by molar-refractivity contribution is 7.99. The Bertz CT molecular complexity index is 1050. The summed E-state index contributed by atoms with van der Waals surface area (Å²) in [6.07, 6.45) is 6.92. The van der Waals surface area contributed by atoms with E-state index in [0.717, 1.165) is 36.6 Å². The first-order valence-electron chi connectivity index (χ1n) is 16.2. The molecule has 0 aliphatic carbocycles. The van der Waals surface area contributed by atoms with Crippen LogP contribution in [0.3, 0.4) is 0 Å². The third-order valence-electron chi connectivity index (χ3n) is 5.85. The zero-order valence-electron chi connectivity index (χ0n) is 29.0. The third kappa shape index (κ3) is 21.2. The number of rotatable bonds is 25. The topological polar surface area (TPSA) is 168 Å². The van der Waals surface area contributed by atoms with E-state index in [1.807, 2.05) is 41.5 Å². The zero-order valence-corrected chi connectivity index (χ0v) is 32.7. The van der Waals surface area contributed by atoms with Gasteiger partial charge in [-0.3, -0.25) is 20.2 Å². The average molecular weight is 755 g/mol. The molecule has 2 aromatic heterocycles. The maximum atomic E-state index is 10.8. The maximum Gasteiger partial charge on any atom is 0.500 e. The fourth-order valence-corrected chi connectivity index (χ4v) is 11.2. The standard InChI is InChI=1S/C15H27NO6SSi.C9H22O3SSi.C6H5NO3/c1-4-20-24(21-5-2,22-6-3)12-8-11-23-15(13-16(17)18)14-9-7-10-19-14;1-4-10-14(11-5-2,12-6-3)9-7-8-13;8-7(9)4-3-6-2-1-5-10-6/h7,9-10,15H,4-6,8,11-13H2,1-3H3;13H,4-9H2,1-3H3;1-5H/b;;4-3+. The molecule has 2 heterocycles. The summed E-state index contributed by atoms with van der Waals surface area (Å²) in [5, 5.41) is 20.3. The van der Waals surface area contributed by atoms with Gasteiger partial charge < -0.3 is 35.4 Å². The lowest BCUT2D eigenvalue weighted by Gasteiger charge is -2.28. The van der Waals surface area contributed by atoms with E-state index in [0.29, 0.717) is 57.2 Å². The lowest BCUT2D eigenvalue weighted by Crippen LogP contribution is -2.46. The van der Waals surface area contributed by atoms with Gasteiger partial charge in [0.25, 0.3) is 0 Å². The van der Waals surface area contributed by atoms with Crippen LogP contribution in [0.25, 0.3) is 6.08 Å². The minimum absolute atomic E-state index is 0.150. The molecule has 1 atom stereocenters. The molecule has 0 saturated carbocycles. The highest BCUT2D eigenvalue weighted by Gasteiger charge is 2.40. The maximum absolute atomic E-state index is 10.8. The van der Waals surface area contributed by atoms with Crippen LogP contribution >= 0.6 is 24.4 Å². The van der Waals surface area contributed by atoms with E-state index >= 15 is 0 Å². The van der Waals surface area contributed by atoms with Crippen molar-refractivity contribution in [2.45, 2.75) is 71.7 Å². The van der Waals surface area contributed by atoms with E-state index in [4.69, 9.17) is 35.4 Å². The monoisotopic (exact) mass is 754 g/mol. The molecule has 48 heavy (non-hydrogen) atoms. The smallest absolute Gasteiger partial charge is 0.468 e. The Kier molecular flexibility index (Phi) is 27.6. The molecule has 1 unspecified atom stereocenters. The molecule has 2 rings (SSSR count). The van der Waals surface area contributed by atoms with Gasteiger partial charge in [0.2, 0.25) is 12.7 Å². The Morgan fingerprint density at radius 3 is 1.65 bits per heavy atom. The first-order chi connectivity index (χ1) is 23.1. The third-order valence-corrected chi connectivity index (χ3v) is 13.8. The molecule has 276 valence electrons. The molecule has 0 bridgehead atoms. The Balaban J connectivity index is 0.000000773. The predicted molar refractivity (Wildman–Crippen MR) is 194 cm³/mol. The molecule has 14 nitrogen and oxygen atoms in total. The van der Waals surface area contributed by atoms with Crippen molar-refractivity contribution in [1.82, 2.24) is 0 Å². The van der Waals surface area contributed by atoms with Gasteiger partial charge in [-0.25, -0.2) is 0 Å². The predicted octanol–water partition coefficient (Wildman–Crippen LogP) is 7.65. The van der Waals surface area contributed by atoms with Gasteiger partial charge in [0.15, 0.2) is 0 Å². The minimum atomic E-state index is -2.64. The van der Waals surface area contributed by atoms with E-state index in [2.05, 4.69) is 12.6 Å². The average Bonchev–Trinajstić information content (AvgIpc) is 3.77. The van der Waals surface area contributed by atoms with Crippen LogP contribution in [0.15, 0.2) is 51.8 Å². The van der Waals surface area contributed by atoms with Gasteiger partial charge in [-0.05, 0) is 90.2 Å². The van der Waals surface area contributed by atoms with E-state index in [9.17, 15) is 20.2 Å². The molecular weight excluding hydrogens is 701 g/mol. The number of nitrogens with zero attached hydrogens (tertiary/aromatic N) is 2. The molecule has 0 fully saturated rings. The van der Waals surface area contributed by atoms with Crippen molar-refractivity contribution in [3.63, 3.8) is 0 Å². The molecule has 0 aliphatic rings. The molecule has 0 spiro atoms. The van der Waals surface area contributed by atoms with Gasteiger partial charge >= 0.3 is 17.6 Å². The summed E-state index contributed by atoms with van der Waals surface area (Å²) >= 11 is 5.72. The highest BCUT2D eigenvalue weighted by Crippen LogP contribution is 2.31. The number of furan rings is 2. The van der Waals surface area contributed by atoms with Gasteiger partial charge in [0, 0.05) is 56.7 Å². The number of nitro groups is 2. The number of thioether (sulfide) groups is 1. The number of thiol groups is 1. The van der Waals surface area contributed by atoms with Gasteiger partial charge in [-0.1, -0.05) is 0 Å². The number of hydrogen-bond acceptors (Lipinski definition) is 14. The molecule has 0 saturated heterocycles. The van der Waals surface area contributed by atoms with Crippen molar-refractivity contribution in [2.24, 2.45) is 0 Å². The van der Waals surface area contributed by atoms with Crippen molar-refractivity contribution >= 4 is 48.1 Å². The van der Waals surface area contributed by atoms with Crippen LogP contribution in [0.4, 0.5) is 0 Å². The normalized spacial score (nSPS) is 12.2. The summed E-state index contributed by atoms with van der Waals surface area (Å²) < 4.78 is 44.6. The van der Waals surface area contributed by atoms with Crippen LogP contribution in [-0.2, 0) is 26.6 Å². The Morgan fingerprint density at radius 2 is 1.27 bits per heavy atom. The van der Waals surface area contributed by atoms with Crippen LogP contribution in [0.1, 0.15) is 71.2 Å². The molecule has 0 aromatic carbocycles. The quantitative estimate of drug-likeness (QED) is 0.0345. The fraction of sp³-hybridized carbons (Fsp3) is 0.667. The summed E-state index contributed by atoms with van der Waals surface area (Å²) in [5.74, 6) is 2.72. The molecule has 2 aromatic rings. The van der Waals surface area contributed by atoms with Crippen LogP contribution < -0.4 is 0 Å². The van der Waals surface area contributed by atoms with E-state index in [1.54, 1.807) is 30.5 Å². The van der Waals surface area contributed by atoms with Crippen molar-refractivity contribution < 1.29 is 45.2 Å². The molecular formula is C30H54N2O12S2Si2. The second-order valence-electron chi connectivity index (χ2n) is 9.40. The van der Waals surface area contributed by atoms with E-state index in [1.165, 1.54) is 24.1 Å². The Labute approximate surface area is 296 Å². The molecule has 0 radical (unpaired) electrons. The summed E-state index contributed by atoms with van der Waals surface area (Å²) in [6, 6.07) is 8.41. The van der Waals surface area contributed by atoms with E-state index < -0.39 is 22.5 Å². The first kappa shape index (κ1) is 46.0. The summed E-state index contributed by atoms with van der Waals surface area (Å²) in [4.78, 5) is 19.8. The fourth-order valence-electron chi connectivity index (χ4n) is 4.17. The minimum Gasteiger partial charge on any atom is -0.468 e. The lowest BCUT2D eigenvalue weighted by molar-refractivity contribution is -0.480. The molecule has 0 amide bonds. The Hall–Kier alpha value is -2.01. The van der Waals surface area contributed by atoms with Crippen LogP contribution in [-0.4, -0.2) is 85.1 Å². The van der Waals surface area contributed by atoms with Crippen molar-refractivity contribution in [1.29, 1.82) is 0 Å². The van der Waals surface area contributed by atoms with Crippen LogP contribution in [0, 0.1) is 20.2 Å². The molecule has 0 aliphatic heterocycles. The SMILES string of the molecule is CCO[Si](CCCS)(OCC)OCC.CCO[Si](CCCSC(C[N+](=O)[O-])c1ccco1)(OCC)OCC.O=[N+]([O-])/C=C/c1ccco1. The summed E-state index contributed by atoms with van der Waals surface area (Å²) in [7, 11) is -5.00.